The summed E-state index contributed by atoms with van der Waals surface area (Å²) in [5.74, 6) is 0.218. The number of unbranched alkanes of at least 4 members (excludes halogenated alkanes) is 2. The average Bonchev–Trinajstić information content (AvgIpc) is 2.83. The highest BCUT2D eigenvalue weighted by molar-refractivity contribution is 7.71. The Hall–Kier alpha value is -2.52. The molecule has 0 aliphatic carbocycles. The van der Waals surface area contributed by atoms with Crippen LogP contribution >= 0.6 is 12.2 Å². The average molecular weight is 475 g/mol. The standard InChI is InChI=1S/C24H34N4O4S/c1-32-17-7-13-25-22(30)18-11-15-27(16-12-18)21(29)10-3-2-6-14-28-23(31)19-8-4-5-9-20(19)26-24(28)33/h4-5,8-9,18H,2-3,6-7,10-17H2,1H3,(H,25,30)(H,26,33). The third-order valence-electron chi connectivity index (χ3n) is 6.20. The maximum atomic E-state index is 12.7. The number of fused-ring (bicyclic) bond motifs is 1. The van der Waals surface area contributed by atoms with Crippen LogP contribution in [0.5, 0.6) is 0 Å². The minimum Gasteiger partial charge on any atom is -0.385 e. The lowest BCUT2D eigenvalue weighted by Gasteiger charge is -2.31. The SMILES string of the molecule is COCCCNC(=O)C1CCN(C(=O)CCCCCn2c(=S)[nH]c3ccccc3c2=O)CC1. The van der Waals surface area contributed by atoms with Gasteiger partial charge in [-0.15, -0.1) is 0 Å². The highest BCUT2D eigenvalue weighted by atomic mass is 32.1. The summed E-state index contributed by atoms with van der Waals surface area (Å²) in [6.07, 6.45) is 5.14. The normalized spacial score (nSPS) is 14.5. The first-order valence-corrected chi connectivity index (χ1v) is 12.2. The van der Waals surface area contributed by atoms with Gasteiger partial charge in [0.25, 0.3) is 5.56 Å². The van der Waals surface area contributed by atoms with Crippen LogP contribution in [0, 0.1) is 10.7 Å². The molecular formula is C24H34N4O4S. The fourth-order valence-electron chi connectivity index (χ4n) is 4.25. The molecule has 1 aromatic heterocycles. The zero-order valence-electron chi connectivity index (χ0n) is 19.3. The van der Waals surface area contributed by atoms with Gasteiger partial charge in [-0.3, -0.25) is 19.0 Å². The molecule has 8 nitrogen and oxygen atoms in total. The number of hydrogen-bond donors (Lipinski definition) is 2. The van der Waals surface area contributed by atoms with E-state index in [0.29, 0.717) is 62.2 Å². The molecule has 0 radical (unpaired) electrons. The molecule has 9 heteroatoms. The van der Waals surface area contributed by atoms with E-state index >= 15 is 0 Å². The van der Waals surface area contributed by atoms with E-state index in [4.69, 9.17) is 17.0 Å². The number of likely N-dealkylation sites (tertiary alicyclic amines) is 1. The number of nitrogens with zero attached hydrogens (tertiary/aromatic N) is 2. The maximum absolute atomic E-state index is 12.7. The van der Waals surface area contributed by atoms with Crippen LogP contribution in [0.1, 0.15) is 44.9 Å². The Labute approximate surface area is 199 Å². The van der Waals surface area contributed by atoms with Crippen LogP contribution in [0.15, 0.2) is 29.1 Å². The van der Waals surface area contributed by atoms with Gasteiger partial charge in [-0.25, -0.2) is 0 Å². The molecule has 2 heterocycles. The van der Waals surface area contributed by atoms with Gasteiger partial charge >= 0.3 is 0 Å². The second-order valence-electron chi connectivity index (χ2n) is 8.54. The van der Waals surface area contributed by atoms with Gasteiger partial charge in [-0.1, -0.05) is 18.6 Å². The van der Waals surface area contributed by atoms with Crippen LogP contribution in [0.25, 0.3) is 10.9 Å². The number of rotatable bonds is 11. The molecule has 0 bridgehead atoms. The molecule has 3 rings (SSSR count). The summed E-state index contributed by atoms with van der Waals surface area (Å²) in [6, 6.07) is 7.36. The third-order valence-corrected chi connectivity index (χ3v) is 6.53. The van der Waals surface area contributed by atoms with Gasteiger partial charge in [0.2, 0.25) is 11.8 Å². The van der Waals surface area contributed by atoms with Gasteiger partial charge in [0, 0.05) is 52.2 Å². The molecule has 0 unspecified atom stereocenters. The number of nitrogens with one attached hydrogen (secondary N) is 2. The van der Waals surface area contributed by atoms with E-state index in [0.717, 1.165) is 31.2 Å². The number of amides is 2. The number of H-pyrrole nitrogens is 1. The number of aromatic nitrogens is 2. The second kappa shape index (κ2) is 12.6. The summed E-state index contributed by atoms with van der Waals surface area (Å²) in [4.78, 5) is 42.4. The Balaban J connectivity index is 1.35. The largest absolute Gasteiger partial charge is 0.385 e. The molecule has 33 heavy (non-hydrogen) atoms. The Morgan fingerprint density at radius 3 is 2.67 bits per heavy atom. The van der Waals surface area contributed by atoms with Crippen molar-refractivity contribution in [2.24, 2.45) is 5.92 Å². The predicted octanol–water partition coefficient (Wildman–Crippen LogP) is 3.01. The van der Waals surface area contributed by atoms with Gasteiger partial charge in [0.15, 0.2) is 4.77 Å². The number of benzene rings is 1. The zero-order valence-corrected chi connectivity index (χ0v) is 20.1. The lowest BCUT2D eigenvalue weighted by Crippen LogP contribution is -2.43. The van der Waals surface area contributed by atoms with Crippen molar-refractivity contribution in [3.05, 3.63) is 39.4 Å². The quantitative estimate of drug-likeness (QED) is 0.386. The van der Waals surface area contributed by atoms with Crippen LogP contribution in [0.3, 0.4) is 0 Å². The van der Waals surface area contributed by atoms with Crippen molar-refractivity contribution in [1.82, 2.24) is 19.8 Å². The Morgan fingerprint density at radius 1 is 1.15 bits per heavy atom. The van der Waals surface area contributed by atoms with Crippen molar-refractivity contribution < 1.29 is 14.3 Å². The summed E-state index contributed by atoms with van der Waals surface area (Å²) in [5, 5.41) is 3.59. The van der Waals surface area contributed by atoms with Crippen LogP contribution in [-0.4, -0.2) is 59.6 Å². The van der Waals surface area contributed by atoms with E-state index in [-0.39, 0.29) is 23.3 Å². The molecule has 2 N–H and O–H groups in total. The van der Waals surface area contributed by atoms with Crippen molar-refractivity contribution in [3.63, 3.8) is 0 Å². The number of piperidine rings is 1. The Morgan fingerprint density at radius 2 is 1.91 bits per heavy atom. The maximum Gasteiger partial charge on any atom is 0.262 e. The Kier molecular flexibility index (Phi) is 9.62. The molecule has 2 aromatic rings. The smallest absolute Gasteiger partial charge is 0.262 e. The lowest BCUT2D eigenvalue weighted by molar-refractivity contribution is -0.135. The third kappa shape index (κ3) is 6.98. The van der Waals surface area contributed by atoms with Gasteiger partial charge in [-0.2, -0.15) is 0 Å². The highest BCUT2D eigenvalue weighted by Gasteiger charge is 2.26. The van der Waals surface area contributed by atoms with Gasteiger partial charge in [0.05, 0.1) is 10.9 Å². The molecule has 0 spiro atoms. The van der Waals surface area contributed by atoms with Crippen LogP contribution in [0.4, 0.5) is 0 Å². The van der Waals surface area contributed by atoms with Gasteiger partial charge in [0.1, 0.15) is 0 Å². The van der Waals surface area contributed by atoms with Crippen LogP contribution < -0.4 is 10.9 Å². The first-order chi connectivity index (χ1) is 16.0. The molecule has 1 aliphatic heterocycles. The molecule has 0 saturated carbocycles. The fraction of sp³-hybridized carbons (Fsp3) is 0.583. The number of para-hydroxylation sites is 1. The van der Waals surface area contributed by atoms with Crippen molar-refractivity contribution in [1.29, 1.82) is 0 Å². The number of carbonyl (C=O) groups is 2. The van der Waals surface area contributed by atoms with E-state index in [2.05, 4.69) is 10.3 Å². The van der Waals surface area contributed by atoms with E-state index in [1.165, 1.54) is 0 Å². The molecule has 1 aliphatic rings. The summed E-state index contributed by atoms with van der Waals surface area (Å²) in [6.45, 7) is 3.08. The topological polar surface area (TPSA) is 96.4 Å². The summed E-state index contributed by atoms with van der Waals surface area (Å²) < 4.78 is 7.02. The first kappa shape index (κ1) is 25.1. The molecule has 1 fully saturated rings. The molecular weight excluding hydrogens is 440 g/mol. The molecule has 1 aromatic carbocycles. The van der Waals surface area contributed by atoms with Gasteiger partial charge < -0.3 is 19.9 Å². The molecule has 2 amide bonds. The Bertz CT molecular complexity index is 1060. The van der Waals surface area contributed by atoms with Crippen molar-refractivity contribution in [2.45, 2.75) is 51.5 Å². The first-order valence-electron chi connectivity index (χ1n) is 11.8. The van der Waals surface area contributed by atoms with Gasteiger partial charge in [-0.05, 0) is 56.5 Å². The monoisotopic (exact) mass is 474 g/mol. The predicted molar refractivity (Wildman–Crippen MR) is 131 cm³/mol. The molecule has 180 valence electrons. The second-order valence-corrected chi connectivity index (χ2v) is 8.92. The highest BCUT2D eigenvalue weighted by Crippen LogP contribution is 2.19. The van der Waals surface area contributed by atoms with Crippen molar-refractivity contribution in [2.75, 3.05) is 33.4 Å². The van der Waals surface area contributed by atoms with Crippen LogP contribution in [-0.2, 0) is 20.9 Å². The number of ether oxygens (including phenoxy) is 1. The summed E-state index contributed by atoms with van der Waals surface area (Å²) in [7, 11) is 1.65. The summed E-state index contributed by atoms with van der Waals surface area (Å²) >= 11 is 5.35. The number of aromatic amines is 1. The molecule has 0 atom stereocenters. The minimum atomic E-state index is -0.0731. The van der Waals surface area contributed by atoms with E-state index in [1.807, 2.05) is 23.1 Å². The van der Waals surface area contributed by atoms with E-state index in [1.54, 1.807) is 17.7 Å². The van der Waals surface area contributed by atoms with Crippen molar-refractivity contribution >= 4 is 34.9 Å². The number of methoxy groups -OCH3 is 1. The zero-order chi connectivity index (χ0) is 23.6. The minimum absolute atomic E-state index is 0.0127. The lowest BCUT2D eigenvalue weighted by atomic mass is 9.95. The van der Waals surface area contributed by atoms with E-state index in [9.17, 15) is 14.4 Å². The molecule has 1 saturated heterocycles. The number of hydrogen-bond acceptors (Lipinski definition) is 5. The fourth-order valence-corrected chi connectivity index (χ4v) is 4.53. The number of carbonyl (C=O) groups excluding carboxylic acids is 2. The van der Waals surface area contributed by atoms with Crippen molar-refractivity contribution in [3.8, 4) is 0 Å². The van der Waals surface area contributed by atoms with E-state index < -0.39 is 0 Å². The summed E-state index contributed by atoms with van der Waals surface area (Å²) in [5.41, 5.74) is 0.678. The van der Waals surface area contributed by atoms with Crippen LogP contribution in [0.2, 0.25) is 0 Å².